The van der Waals surface area contributed by atoms with E-state index in [1.54, 1.807) is 0 Å². The standard InChI is InChI=1S/C7H10N2OS/c11-4-6-7-9(5-8-6)2-1-3-10-7/h5,11H,1-4H2. The second-order valence-electron chi connectivity index (χ2n) is 2.55. The highest BCUT2D eigenvalue weighted by molar-refractivity contribution is 7.79. The van der Waals surface area contributed by atoms with Gasteiger partial charge in [0.1, 0.15) is 5.69 Å². The van der Waals surface area contributed by atoms with Crippen LogP contribution in [0.3, 0.4) is 0 Å². The van der Waals surface area contributed by atoms with Gasteiger partial charge in [-0.15, -0.1) is 0 Å². The first-order valence-electron chi connectivity index (χ1n) is 3.69. The molecule has 2 heterocycles. The number of fused-ring (bicyclic) bond motifs is 1. The van der Waals surface area contributed by atoms with Crippen LogP contribution in [0.2, 0.25) is 0 Å². The Bertz CT molecular complexity index is 245. The van der Waals surface area contributed by atoms with E-state index < -0.39 is 0 Å². The summed E-state index contributed by atoms with van der Waals surface area (Å²) >= 11 is 4.15. The van der Waals surface area contributed by atoms with Gasteiger partial charge in [0.2, 0.25) is 5.88 Å². The maximum absolute atomic E-state index is 5.44. The van der Waals surface area contributed by atoms with E-state index in [-0.39, 0.29) is 0 Å². The highest BCUT2D eigenvalue weighted by Gasteiger charge is 2.14. The third kappa shape index (κ3) is 1.11. The van der Waals surface area contributed by atoms with Gasteiger partial charge in [-0.25, -0.2) is 4.98 Å². The van der Waals surface area contributed by atoms with Crippen LogP contribution < -0.4 is 4.74 Å². The lowest BCUT2D eigenvalue weighted by atomic mass is 10.4. The third-order valence-corrected chi connectivity index (χ3v) is 2.09. The zero-order chi connectivity index (χ0) is 7.68. The van der Waals surface area contributed by atoms with Crippen LogP contribution in [0.5, 0.6) is 5.88 Å². The van der Waals surface area contributed by atoms with Crippen molar-refractivity contribution >= 4 is 12.6 Å². The molecule has 60 valence electrons. The first-order valence-corrected chi connectivity index (χ1v) is 4.32. The lowest BCUT2D eigenvalue weighted by Crippen LogP contribution is -2.13. The highest BCUT2D eigenvalue weighted by atomic mass is 32.1. The molecule has 11 heavy (non-hydrogen) atoms. The molecule has 1 aromatic rings. The molecular formula is C7H10N2OS. The summed E-state index contributed by atoms with van der Waals surface area (Å²) in [4.78, 5) is 4.18. The average Bonchev–Trinajstić information content (AvgIpc) is 2.47. The number of rotatable bonds is 1. The maximum atomic E-state index is 5.44. The molecule has 0 saturated heterocycles. The van der Waals surface area contributed by atoms with Gasteiger partial charge in [-0.2, -0.15) is 12.6 Å². The van der Waals surface area contributed by atoms with Crippen molar-refractivity contribution in [3.05, 3.63) is 12.0 Å². The minimum atomic E-state index is 0.655. The molecule has 0 atom stereocenters. The maximum Gasteiger partial charge on any atom is 0.217 e. The molecule has 0 aromatic carbocycles. The minimum Gasteiger partial charge on any atom is -0.477 e. The largest absolute Gasteiger partial charge is 0.477 e. The predicted octanol–water partition coefficient (Wildman–Crippen LogP) is 1.10. The molecule has 0 amide bonds. The van der Waals surface area contributed by atoms with Crippen LogP contribution in [-0.2, 0) is 12.3 Å². The topological polar surface area (TPSA) is 27.1 Å². The Balaban J connectivity index is 2.38. The number of imidazole rings is 1. The lowest BCUT2D eigenvalue weighted by Gasteiger charge is -2.15. The van der Waals surface area contributed by atoms with Gasteiger partial charge in [0.05, 0.1) is 12.9 Å². The zero-order valence-corrected chi connectivity index (χ0v) is 7.05. The van der Waals surface area contributed by atoms with Gasteiger partial charge in [0.15, 0.2) is 0 Å². The van der Waals surface area contributed by atoms with Crippen molar-refractivity contribution in [2.45, 2.75) is 18.7 Å². The summed E-state index contributed by atoms with van der Waals surface area (Å²) in [7, 11) is 0. The number of ether oxygens (including phenoxy) is 1. The first-order chi connectivity index (χ1) is 5.42. The van der Waals surface area contributed by atoms with Crippen LogP contribution in [-0.4, -0.2) is 16.2 Å². The molecule has 1 aliphatic rings. The SMILES string of the molecule is SCc1ncn2c1OCCC2. The molecule has 0 unspecified atom stereocenters. The van der Waals surface area contributed by atoms with Crippen molar-refractivity contribution in [3.8, 4) is 5.88 Å². The Morgan fingerprint density at radius 3 is 3.45 bits per heavy atom. The Kier molecular flexibility index (Phi) is 1.77. The Hall–Kier alpha value is -0.640. The highest BCUT2D eigenvalue weighted by Crippen LogP contribution is 2.22. The van der Waals surface area contributed by atoms with Gasteiger partial charge in [0, 0.05) is 12.3 Å². The van der Waals surface area contributed by atoms with Gasteiger partial charge < -0.3 is 9.30 Å². The normalized spacial score (nSPS) is 15.7. The van der Waals surface area contributed by atoms with Crippen LogP contribution >= 0.6 is 12.6 Å². The fraction of sp³-hybridized carbons (Fsp3) is 0.571. The number of thiol groups is 1. The summed E-state index contributed by atoms with van der Waals surface area (Å²) in [6.45, 7) is 1.84. The smallest absolute Gasteiger partial charge is 0.217 e. The lowest BCUT2D eigenvalue weighted by molar-refractivity contribution is 0.239. The molecular weight excluding hydrogens is 160 g/mol. The molecule has 2 rings (SSSR count). The second kappa shape index (κ2) is 2.77. The van der Waals surface area contributed by atoms with Crippen molar-refractivity contribution in [3.63, 3.8) is 0 Å². The van der Waals surface area contributed by atoms with E-state index in [1.807, 2.05) is 10.9 Å². The molecule has 0 bridgehead atoms. The molecule has 3 nitrogen and oxygen atoms in total. The van der Waals surface area contributed by atoms with Crippen LogP contribution in [0.25, 0.3) is 0 Å². The summed E-state index contributed by atoms with van der Waals surface area (Å²) in [5.41, 5.74) is 0.952. The van der Waals surface area contributed by atoms with Crippen molar-refractivity contribution < 1.29 is 4.74 Å². The van der Waals surface area contributed by atoms with Crippen molar-refractivity contribution in [1.82, 2.24) is 9.55 Å². The molecule has 0 radical (unpaired) electrons. The Labute approximate surface area is 70.8 Å². The van der Waals surface area contributed by atoms with Crippen molar-refractivity contribution in [2.24, 2.45) is 0 Å². The fourth-order valence-electron chi connectivity index (χ4n) is 1.25. The number of aromatic nitrogens is 2. The number of aryl methyl sites for hydroxylation is 1. The van der Waals surface area contributed by atoms with E-state index in [4.69, 9.17) is 4.74 Å². The number of nitrogens with zero attached hydrogens (tertiary/aromatic N) is 2. The second-order valence-corrected chi connectivity index (χ2v) is 2.87. The molecule has 0 N–H and O–H groups in total. The third-order valence-electron chi connectivity index (χ3n) is 1.79. The van der Waals surface area contributed by atoms with Crippen molar-refractivity contribution in [2.75, 3.05) is 6.61 Å². The van der Waals surface area contributed by atoms with Crippen LogP contribution in [0.1, 0.15) is 12.1 Å². The molecule has 1 aromatic heterocycles. The van der Waals surface area contributed by atoms with E-state index in [9.17, 15) is 0 Å². The molecule has 0 fully saturated rings. The Morgan fingerprint density at radius 2 is 2.64 bits per heavy atom. The summed E-state index contributed by atoms with van der Waals surface area (Å²) < 4.78 is 7.47. The van der Waals surface area contributed by atoms with E-state index >= 15 is 0 Å². The summed E-state index contributed by atoms with van der Waals surface area (Å²) in [5, 5.41) is 0. The number of hydrogen-bond acceptors (Lipinski definition) is 3. The monoisotopic (exact) mass is 170 g/mol. The summed E-state index contributed by atoms with van der Waals surface area (Å²) in [5.74, 6) is 1.56. The van der Waals surface area contributed by atoms with Crippen molar-refractivity contribution in [1.29, 1.82) is 0 Å². The zero-order valence-electron chi connectivity index (χ0n) is 6.16. The summed E-state index contributed by atoms with van der Waals surface area (Å²) in [6.07, 6.45) is 2.90. The molecule has 4 heteroatoms. The van der Waals surface area contributed by atoms with E-state index in [0.29, 0.717) is 5.75 Å². The molecule has 0 aliphatic carbocycles. The Morgan fingerprint density at radius 1 is 1.73 bits per heavy atom. The predicted molar refractivity (Wildman–Crippen MR) is 45.0 cm³/mol. The van der Waals surface area contributed by atoms with Gasteiger partial charge >= 0.3 is 0 Å². The summed E-state index contributed by atoms with van der Waals surface area (Å²) in [6, 6.07) is 0. The van der Waals surface area contributed by atoms with E-state index in [1.165, 1.54) is 0 Å². The average molecular weight is 170 g/mol. The van der Waals surface area contributed by atoms with Gasteiger partial charge in [-0.3, -0.25) is 0 Å². The quantitative estimate of drug-likeness (QED) is 0.639. The molecule has 1 aliphatic heterocycles. The first kappa shape index (κ1) is 7.03. The fourth-order valence-corrected chi connectivity index (χ4v) is 1.47. The van der Waals surface area contributed by atoms with Crippen LogP contribution in [0, 0.1) is 0 Å². The minimum absolute atomic E-state index is 0.655. The molecule has 0 spiro atoms. The van der Waals surface area contributed by atoms with E-state index in [2.05, 4.69) is 17.6 Å². The van der Waals surface area contributed by atoms with Gasteiger partial charge in [-0.1, -0.05) is 0 Å². The van der Waals surface area contributed by atoms with Crippen LogP contribution in [0.4, 0.5) is 0 Å². The van der Waals surface area contributed by atoms with Gasteiger partial charge in [-0.05, 0) is 6.42 Å². The molecule has 0 saturated carbocycles. The van der Waals surface area contributed by atoms with E-state index in [0.717, 1.165) is 31.1 Å². The van der Waals surface area contributed by atoms with Gasteiger partial charge in [0.25, 0.3) is 0 Å². The number of hydrogen-bond donors (Lipinski definition) is 1. The van der Waals surface area contributed by atoms with Crippen LogP contribution in [0.15, 0.2) is 6.33 Å².